The molecule has 2 aromatic rings. The predicted molar refractivity (Wildman–Crippen MR) is 130 cm³/mol. The molecular weight excluding hydrogens is 441 g/mol. The van der Waals surface area contributed by atoms with Crippen LogP contribution in [0.4, 0.5) is 10.1 Å². The summed E-state index contributed by atoms with van der Waals surface area (Å²) in [5, 5.41) is 0.753. The number of rotatable bonds is 7. The summed E-state index contributed by atoms with van der Waals surface area (Å²) in [5.41, 5.74) is 1.94. The molecule has 0 unspecified atom stereocenters. The smallest absolute Gasteiger partial charge is 0.305 e. The van der Waals surface area contributed by atoms with Crippen molar-refractivity contribution in [1.29, 1.82) is 0 Å². The minimum Gasteiger partial charge on any atom is -0.469 e. The Morgan fingerprint density at radius 2 is 1.79 bits per heavy atom. The summed E-state index contributed by atoms with van der Waals surface area (Å²) in [6, 6.07) is 15.5. The predicted octanol–water partition coefficient (Wildman–Crippen LogP) is 4.45. The Morgan fingerprint density at radius 3 is 2.48 bits per heavy atom. The summed E-state index contributed by atoms with van der Waals surface area (Å²) in [4.78, 5) is 19.1. The van der Waals surface area contributed by atoms with Crippen LogP contribution in [-0.2, 0) is 16.1 Å². The largest absolute Gasteiger partial charge is 0.469 e. The zero-order valence-corrected chi connectivity index (χ0v) is 20.0. The Hall–Kier alpha value is -2.15. The first kappa shape index (κ1) is 24.0. The maximum atomic E-state index is 14.2. The van der Waals surface area contributed by atoms with Crippen molar-refractivity contribution in [2.24, 2.45) is 5.92 Å². The number of nitrogens with zero attached hydrogens (tertiary/aromatic N) is 3. The molecule has 178 valence electrons. The number of carbonyl (C=O) groups is 1. The van der Waals surface area contributed by atoms with E-state index in [9.17, 15) is 9.18 Å². The lowest BCUT2D eigenvalue weighted by Gasteiger charge is -2.47. The van der Waals surface area contributed by atoms with Gasteiger partial charge in [-0.3, -0.25) is 14.6 Å². The average molecular weight is 474 g/mol. The first-order chi connectivity index (χ1) is 16.0. The first-order valence-corrected chi connectivity index (χ1v) is 12.2. The number of likely N-dealkylation sites (tertiary alicyclic amines) is 1. The molecule has 2 atom stereocenters. The van der Waals surface area contributed by atoms with Gasteiger partial charge in [0.1, 0.15) is 5.82 Å². The third kappa shape index (κ3) is 6.25. The van der Waals surface area contributed by atoms with E-state index in [1.165, 1.54) is 18.7 Å². The van der Waals surface area contributed by atoms with Crippen LogP contribution in [0.15, 0.2) is 48.5 Å². The van der Waals surface area contributed by atoms with Gasteiger partial charge in [-0.25, -0.2) is 4.39 Å². The van der Waals surface area contributed by atoms with Gasteiger partial charge in [-0.15, -0.1) is 0 Å². The van der Waals surface area contributed by atoms with Crippen molar-refractivity contribution in [1.82, 2.24) is 9.80 Å². The van der Waals surface area contributed by atoms with Crippen molar-refractivity contribution < 1.29 is 13.9 Å². The van der Waals surface area contributed by atoms with E-state index >= 15 is 0 Å². The van der Waals surface area contributed by atoms with Gasteiger partial charge in [0.15, 0.2) is 0 Å². The number of benzene rings is 2. The summed E-state index contributed by atoms with van der Waals surface area (Å²) in [6.07, 6.45) is 2.34. The molecule has 2 aliphatic rings. The molecule has 0 aromatic heterocycles. The fourth-order valence-electron chi connectivity index (χ4n) is 5.26. The summed E-state index contributed by atoms with van der Waals surface area (Å²) in [5.74, 6) is 0.0931. The highest BCUT2D eigenvalue weighted by Gasteiger charge is 2.35. The molecule has 0 N–H and O–H groups in total. The Morgan fingerprint density at radius 1 is 1.06 bits per heavy atom. The third-order valence-electron chi connectivity index (χ3n) is 7.02. The van der Waals surface area contributed by atoms with E-state index in [2.05, 4.69) is 26.8 Å². The Bertz CT molecular complexity index is 918. The van der Waals surface area contributed by atoms with Gasteiger partial charge in [0.05, 0.1) is 12.8 Å². The monoisotopic (exact) mass is 473 g/mol. The molecule has 0 spiro atoms. The molecule has 2 aliphatic heterocycles. The second-order valence-electron chi connectivity index (χ2n) is 9.07. The van der Waals surface area contributed by atoms with Gasteiger partial charge in [0.2, 0.25) is 0 Å². The van der Waals surface area contributed by atoms with Crippen LogP contribution in [0, 0.1) is 11.7 Å². The number of anilines is 1. The van der Waals surface area contributed by atoms with Gasteiger partial charge in [-0.2, -0.15) is 0 Å². The number of esters is 1. The molecule has 0 bridgehead atoms. The number of para-hydroxylation sites is 1. The number of hydrogen-bond donors (Lipinski definition) is 0. The van der Waals surface area contributed by atoms with Gasteiger partial charge in [0.25, 0.3) is 0 Å². The quantitative estimate of drug-likeness (QED) is 0.555. The summed E-state index contributed by atoms with van der Waals surface area (Å²) in [6.45, 7) is 6.31. The van der Waals surface area contributed by atoms with E-state index in [0.717, 1.165) is 63.7 Å². The van der Waals surface area contributed by atoms with E-state index in [1.54, 1.807) is 6.07 Å². The molecule has 4 rings (SSSR count). The van der Waals surface area contributed by atoms with Gasteiger partial charge >= 0.3 is 5.97 Å². The minimum absolute atomic E-state index is 0.145. The van der Waals surface area contributed by atoms with E-state index in [4.69, 9.17) is 16.3 Å². The minimum atomic E-state index is -0.155. The van der Waals surface area contributed by atoms with Crippen molar-refractivity contribution in [2.75, 3.05) is 51.3 Å². The van der Waals surface area contributed by atoms with Crippen molar-refractivity contribution in [3.05, 3.63) is 64.9 Å². The van der Waals surface area contributed by atoms with E-state index < -0.39 is 0 Å². The first-order valence-electron chi connectivity index (χ1n) is 11.8. The molecule has 5 nitrogen and oxygen atoms in total. The molecule has 2 saturated heterocycles. The topological polar surface area (TPSA) is 36.0 Å². The Kier molecular flexibility index (Phi) is 8.23. The highest BCUT2D eigenvalue weighted by molar-refractivity contribution is 6.30. The van der Waals surface area contributed by atoms with Crippen LogP contribution < -0.4 is 4.90 Å². The fraction of sp³-hybridized carbons (Fsp3) is 0.500. The van der Waals surface area contributed by atoms with Crippen LogP contribution in [-0.4, -0.2) is 68.2 Å². The lowest BCUT2D eigenvalue weighted by atomic mass is 9.86. The summed E-state index contributed by atoms with van der Waals surface area (Å²) >= 11 is 6.04. The van der Waals surface area contributed by atoms with Crippen molar-refractivity contribution >= 4 is 23.3 Å². The average Bonchev–Trinajstić information content (AvgIpc) is 2.84. The maximum absolute atomic E-state index is 14.2. The maximum Gasteiger partial charge on any atom is 0.305 e. The van der Waals surface area contributed by atoms with Gasteiger partial charge in [-0.05, 0) is 55.1 Å². The number of hydrogen-bond acceptors (Lipinski definition) is 5. The SMILES string of the molecule is COC(=O)CC[C@@H]1CN(Cc2ccc(Cl)cc2)CC[C@@H]1N1CCN(c2ccccc2F)CC1. The highest BCUT2D eigenvalue weighted by Crippen LogP contribution is 2.29. The molecule has 7 heteroatoms. The van der Waals surface area contributed by atoms with Crippen LogP contribution >= 0.6 is 11.6 Å². The zero-order valence-electron chi connectivity index (χ0n) is 19.3. The lowest BCUT2D eigenvalue weighted by Crippen LogP contribution is -2.56. The summed E-state index contributed by atoms with van der Waals surface area (Å²) < 4.78 is 19.1. The van der Waals surface area contributed by atoms with Crippen LogP contribution in [0.2, 0.25) is 5.02 Å². The second kappa shape index (κ2) is 11.3. The van der Waals surface area contributed by atoms with Crippen molar-refractivity contribution in [2.45, 2.75) is 31.8 Å². The molecule has 0 amide bonds. The molecule has 2 heterocycles. The summed E-state index contributed by atoms with van der Waals surface area (Å²) in [7, 11) is 1.45. The molecular formula is C26H33ClFN3O2. The zero-order chi connectivity index (χ0) is 23.2. The molecule has 33 heavy (non-hydrogen) atoms. The number of piperazine rings is 1. The third-order valence-corrected chi connectivity index (χ3v) is 7.27. The Balaban J connectivity index is 1.39. The highest BCUT2D eigenvalue weighted by atomic mass is 35.5. The molecule has 0 saturated carbocycles. The molecule has 0 aliphatic carbocycles. The van der Waals surface area contributed by atoms with Gasteiger partial charge in [-0.1, -0.05) is 35.9 Å². The second-order valence-corrected chi connectivity index (χ2v) is 9.50. The van der Waals surface area contributed by atoms with Crippen molar-refractivity contribution in [3.63, 3.8) is 0 Å². The van der Waals surface area contributed by atoms with Crippen molar-refractivity contribution in [3.8, 4) is 0 Å². The van der Waals surface area contributed by atoms with E-state index in [1.807, 2.05) is 24.3 Å². The van der Waals surface area contributed by atoms with Crippen LogP contribution in [0.5, 0.6) is 0 Å². The normalized spacial score (nSPS) is 22.3. The van der Waals surface area contributed by atoms with Crippen LogP contribution in [0.1, 0.15) is 24.8 Å². The Labute approximate surface area is 201 Å². The number of carbonyl (C=O) groups excluding carboxylic acids is 1. The number of piperidine rings is 1. The van der Waals surface area contributed by atoms with E-state index in [-0.39, 0.29) is 11.8 Å². The van der Waals surface area contributed by atoms with Gasteiger partial charge < -0.3 is 9.64 Å². The van der Waals surface area contributed by atoms with E-state index in [0.29, 0.717) is 24.1 Å². The fourth-order valence-corrected chi connectivity index (χ4v) is 5.39. The molecule has 0 radical (unpaired) electrons. The number of halogens is 2. The van der Waals surface area contributed by atoms with Crippen LogP contribution in [0.3, 0.4) is 0 Å². The van der Waals surface area contributed by atoms with Gasteiger partial charge in [0, 0.05) is 56.8 Å². The number of ether oxygens (including phenoxy) is 1. The standard InChI is InChI=1S/C26H33ClFN3O2/c1-33-26(32)11-8-21-19-29(18-20-6-9-22(27)10-7-20)13-12-24(21)30-14-16-31(17-15-30)25-5-3-2-4-23(25)28/h2-7,9-10,21,24H,8,11-19H2,1H3/t21-,24+/m1/s1. The van der Waals surface area contributed by atoms with Crippen LogP contribution in [0.25, 0.3) is 0 Å². The lowest BCUT2D eigenvalue weighted by molar-refractivity contribution is -0.141. The molecule has 2 aromatic carbocycles. The molecule has 2 fully saturated rings. The number of methoxy groups -OCH3 is 1.